The largest absolute Gasteiger partial charge is 0.469 e. The van der Waals surface area contributed by atoms with Crippen LogP contribution in [0.4, 0.5) is 0 Å². The van der Waals surface area contributed by atoms with E-state index >= 15 is 0 Å². The molecular formula is C21H32O3. The molecule has 0 heterocycles. The number of esters is 1. The summed E-state index contributed by atoms with van der Waals surface area (Å²) in [5.41, 5.74) is 1.50. The number of aliphatic hydroxyl groups is 1. The highest BCUT2D eigenvalue weighted by molar-refractivity contribution is 5.77. The van der Waals surface area contributed by atoms with Gasteiger partial charge in [0.2, 0.25) is 0 Å². The smallest absolute Gasteiger partial charge is 0.311 e. The third-order valence-corrected chi connectivity index (χ3v) is 8.63. The Labute approximate surface area is 145 Å². The van der Waals surface area contributed by atoms with Crippen LogP contribution in [-0.2, 0) is 9.53 Å². The average molecular weight is 332 g/mol. The Kier molecular flexibility index (Phi) is 3.69. The van der Waals surface area contributed by atoms with Gasteiger partial charge in [0.25, 0.3) is 0 Å². The number of carbonyl (C=O) groups is 1. The Morgan fingerprint density at radius 2 is 2.00 bits per heavy atom. The van der Waals surface area contributed by atoms with Gasteiger partial charge >= 0.3 is 5.97 Å². The molecule has 134 valence electrons. The van der Waals surface area contributed by atoms with Gasteiger partial charge in [0.1, 0.15) is 0 Å². The minimum absolute atomic E-state index is 0.000993. The second-order valence-electron chi connectivity index (χ2n) is 9.50. The maximum atomic E-state index is 12.6. The van der Waals surface area contributed by atoms with Crippen LogP contribution in [0.15, 0.2) is 11.6 Å². The molecule has 4 aliphatic carbocycles. The molecule has 0 aromatic rings. The highest BCUT2D eigenvalue weighted by Gasteiger charge is 2.64. The zero-order valence-electron chi connectivity index (χ0n) is 15.4. The molecule has 6 atom stereocenters. The molecule has 3 heteroatoms. The molecule has 3 fully saturated rings. The van der Waals surface area contributed by atoms with Gasteiger partial charge in [-0.15, -0.1) is 0 Å². The zero-order valence-corrected chi connectivity index (χ0v) is 15.4. The molecule has 3 nitrogen and oxygen atoms in total. The van der Waals surface area contributed by atoms with Crippen molar-refractivity contribution < 1.29 is 14.6 Å². The number of fused-ring (bicyclic) bond motifs is 3. The lowest BCUT2D eigenvalue weighted by molar-refractivity contribution is -0.180. The normalized spacial score (nSPS) is 49.8. The summed E-state index contributed by atoms with van der Waals surface area (Å²) in [4.78, 5) is 12.6. The van der Waals surface area contributed by atoms with Crippen molar-refractivity contribution in [1.82, 2.24) is 0 Å². The minimum atomic E-state index is -0.317. The van der Waals surface area contributed by atoms with Gasteiger partial charge < -0.3 is 9.84 Å². The summed E-state index contributed by atoms with van der Waals surface area (Å²) in [7, 11) is 1.54. The van der Waals surface area contributed by atoms with Gasteiger partial charge in [0.05, 0.1) is 19.1 Å². The molecule has 24 heavy (non-hydrogen) atoms. The maximum Gasteiger partial charge on any atom is 0.311 e. The molecule has 0 amide bonds. The lowest BCUT2D eigenvalue weighted by atomic mass is 9.41. The van der Waals surface area contributed by atoms with Gasteiger partial charge in [0.15, 0.2) is 0 Å². The number of allylic oxidation sites excluding steroid dienone is 1. The van der Waals surface area contributed by atoms with Crippen LogP contribution in [0.2, 0.25) is 0 Å². The summed E-state index contributed by atoms with van der Waals surface area (Å²) >= 11 is 0. The standard InChI is InChI=1S/C21H32O3/c1-19-8-4-9-20(2,18(23)24-3)16(19)7-10-21-11-14(5-6-17(19)21)15(12-21)13-22/h12,14,16-17,22H,4-11,13H2,1-3H3/t14-,16?,17?,19-,20-,21+/m1/s1. The van der Waals surface area contributed by atoms with Crippen LogP contribution in [-0.4, -0.2) is 24.8 Å². The molecule has 1 N–H and O–H groups in total. The van der Waals surface area contributed by atoms with Crippen molar-refractivity contribution in [2.75, 3.05) is 13.7 Å². The quantitative estimate of drug-likeness (QED) is 0.612. The third-order valence-electron chi connectivity index (χ3n) is 8.63. The first kappa shape index (κ1) is 16.6. The summed E-state index contributed by atoms with van der Waals surface area (Å²) in [5.74, 6) is 1.71. The Hall–Kier alpha value is -0.830. The lowest BCUT2D eigenvalue weighted by Crippen LogP contribution is -2.58. The summed E-state index contributed by atoms with van der Waals surface area (Å²) in [6, 6.07) is 0. The molecular weight excluding hydrogens is 300 g/mol. The van der Waals surface area contributed by atoms with Crippen molar-refractivity contribution in [3.05, 3.63) is 11.6 Å². The summed E-state index contributed by atoms with van der Waals surface area (Å²) in [6.45, 7) is 4.86. The number of methoxy groups -OCH3 is 1. The molecule has 2 unspecified atom stereocenters. The van der Waals surface area contributed by atoms with Crippen molar-refractivity contribution in [3.8, 4) is 0 Å². The van der Waals surface area contributed by atoms with E-state index in [1.54, 1.807) is 7.11 Å². The topological polar surface area (TPSA) is 46.5 Å². The highest BCUT2D eigenvalue weighted by atomic mass is 16.5. The van der Waals surface area contributed by atoms with Crippen molar-refractivity contribution >= 4 is 5.97 Å². The lowest BCUT2D eigenvalue weighted by Gasteiger charge is -2.63. The second-order valence-corrected chi connectivity index (χ2v) is 9.50. The molecule has 2 bridgehead atoms. The van der Waals surface area contributed by atoms with E-state index in [1.807, 2.05) is 0 Å². The number of carbonyl (C=O) groups excluding carboxylic acids is 1. The molecule has 0 aliphatic heterocycles. The van der Waals surface area contributed by atoms with Crippen molar-refractivity contribution in [3.63, 3.8) is 0 Å². The van der Waals surface area contributed by atoms with Crippen LogP contribution in [0.1, 0.15) is 65.2 Å². The molecule has 0 saturated heterocycles. The summed E-state index contributed by atoms with van der Waals surface area (Å²) < 4.78 is 5.23. The predicted octanol–water partition coefficient (Wildman–Crippen LogP) is 4.10. The second kappa shape index (κ2) is 5.33. The number of hydrogen-bond donors (Lipinski definition) is 1. The van der Waals surface area contributed by atoms with E-state index in [-0.39, 0.29) is 23.4 Å². The summed E-state index contributed by atoms with van der Waals surface area (Å²) in [5, 5.41) is 9.75. The van der Waals surface area contributed by atoms with Gasteiger partial charge in [0, 0.05) is 0 Å². The molecule has 0 aromatic heterocycles. The minimum Gasteiger partial charge on any atom is -0.469 e. The predicted molar refractivity (Wildman–Crippen MR) is 93.2 cm³/mol. The molecule has 0 aromatic carbocycles. The molecule has 0 radical (unpaired) electrons. The fraction of sp³-hybridized carbons (Fsp3) is 0.857. The van der Waals surface area contributed by atoms with Gasteiger partial charge in [-0.2, -0.15) is 0 Å². The fourth-order valence-electron chi connectivity index (χ4n) is 7.70. The van der Waals surface area contributed by atoms with Gasteiger partial charge in [-0.25, -0.2) is 0 Å². The maximum absolute atomic E-state index is 12.6. The number of aliphatic hydroxyl groups excluding tert-OH is 1. The third kappa shape index (κ3) is 1.97. The average Bonchev–Trinajstić information content (AvgIpc) is 2.84. The highest BCUT2D eigenvalue weighted by Crippen LogP contribution is 2.70. The summed E-state index contributed by atoms with van der Waals surface area (Å²) in [6.07, 6.45) is 11.8. The monoisotopic (exact) mass is 332 g/mol. The van der Waals surface area contributed by atoms with Crippen LogP contribution in [0.5, 0.6) is 0 Å². The van der Waals surface area contributed by atoms with Gasteiger partial charge in [-0.05, 0) is 86.0 Å². The van der Waals surface area contributed by atoms with Crippen LogP contribution in [0.25, 0.3) is 0 Å². The molecule has 1 spiro atoms. The zero-order chi connectivity index (χ0) is 17.2. The Morgan fingerprint density at radius 3 is 2.71 bits per heavy atom. The van der Waals surface area contributed by atoms with E-state index in [9.17, 15) is 9.90 Å². The fourth-order valence-corrected chi connectivity index (χ4v) is 7.70. The first-order chi connectivity index (χ1) is 11.4. The van der Waals surface area contributed by atoms with Crippen LogP contribution in [0, 0.1) is 34.0 Å². The Bertz CT molecular complexity index is 582. The first-order valence-electron chi connectivity index (χ1n) is 9.80. The van der Waals surface area contributed by atoms with Gasteiger partial charge in [-0.3, -0.25) is 4.79 Å². The Balaban J connectivity index is 1.73. The van der Waals surface area contributed by atoms with E-state index in [1.165, 1.54) is 37.7 Å². The van der Waals surface area contributed by atoms with Crippen molar-refractivity contribution in [2.24, 2.45) is 34.0 Å². The van der Waals surface area contributed by atoms with E-state index in [0.717, 1.165) is 19.3 Å². The molecule has 4 aliphatic rings. The van der Waals surface area contributed by atoms with Crippen LogP contribution >= 0.6 is 0 Å². The Morgan fingerprint density at radius 1 is 1.21 bits per heavy atom. The van der Waals surface area contributed by atoms with E-state index in [2.05, 4.69) is 19.9 Å². The van der Waals surface area contributed by atoms with Crippen LogP contribution in [0.3, 0.4) is 0 Å². The number of ether oxygens (including phenoxy) is 1. The van der Waals surface area contributed by atoms with E-state index in [4.69, 9.17) is 4.74 Å². The van der Waals surface area contributed by atoms with Crippen molar-refractivity contribution in [1.29, 1.82) is 0 Å². The molecule has 4 rings (SSSR count). The first-order valence-corrected chi connectivity index (χ1v) is 9.80. The van der Waals surface area contributed by atoms with Gasteiger partial charge in [-0.1, -0.05) is 19.4 Å². The molecule has 3 saturated carbocycles. The van der Waals surface area contributed by atoms with Crippen molar-refractivity contribution in [2.45, 2.75) is 65.2 Å². The SMILES string of the molecule is COC(=O)[C@]1(C)CCC[C@@]2(C)C3CC[C@@H]4C[C@]3(C=C4CO)CCC21. The van der Waals surface area contributed by atoms with E-state index < -0.39 is 0 Å². The van der Waals surface area contributed by atoms with Crippen LogP contribution < -0.4 is 0 Å². The number of hydrogen-bond acceptors (Lipinski definition) is 3. The van der Waals surface area contributed by atoms with E-state index in [0.29, 0.717) is 23.2 Å². The number of rotatable bonds is 2.